The van der Waals surface area contributed by atoms with Gasteiger partial charge < -0.3 is 19.3 Å². The average molecular weight is 204 g/mol. The lowest BCUT2D eigenvalue weighted by Crippen LogP contribution is -2.20. The van der Waals surface area contributed by atoms with Gasteiger partial charge in [0, 0.05) is 13.5 Å². The molecule has 0 aliphatic carbocycles. The van der Waals surface area contributed by atoms with Crippen LogP contribution in [0, 0.1) is 0 Å². The van der Waals surface area contributed by atoms with E-state index in [0.29, 0.717) is 25.4 Å². The summed E-state index contributed by atoms with van der Waals surface area (Å²) in [5.41, 5.74) is -0.788. The van der Waals surface area contributed by atoms with Gasteiger partial charge in [-0.2, -0.15) is 0 Å². The Hall–Kier alpha value is -0.580. The first-order valence-electron chi connectivity index (χ1n) is 4.55. The zero-order chi connectivity index (χ0) is 11.0. The molecule has 0 saturated heterocycles. The molecule has 0 aromatic rings. The summed E-state index contributed by atoms with van der Waals surface area (Å²) in [5.74, 6) is 0.523. The first-order valence-corrected chi connectivity index (χ1v) is 4.55. The maximum atomic E-state index is 9.43. The van der Waals surface area contributed by atoms with Gasteiger partial charge in [0.1, 0.15) is 0 Å². The van der Waals surface area contributed by atoms with Crippen molar-refractivity contribution < 1.29 is 19.3 Å². The second-order valence-corrected chi connectivity index (χ2v) is 3.69. The highest BCUT2D eigenvalue weighted by atomic mass is 16.7. The fourth-order valence-electron chi connectivity index (χ4n) is 0.860. The highest BCUT2D eigenvalue weighted by Crippen LogP contribution is 2.14. The summed E-state index contributed by atoms with van der Waals surface area (Å²) < 4.78 is 15.0. The minimum absolute atomic E-state index is 0.151. The van der Waals surface area contributed by atoms with Crippen LogP contribution >= 0.6 is 0 Å². The Morgan fingerprint density at radius 3 is 2.50 bits per heavy atom. The predicted octanol–water partition coefficient (Wildman–Crippen LogP) is 1.30. The van der Waals surface area contributed by atoms with E-state index in [4.69, 9.17) is 14.2 Å². The number of rotatable bonds is 8. The Balaban J connectivity index is 3.36. The summed E-state index contributed by atoms with van der Waals surface area (Å²) in [6.45, 7) is 8.25. The first-order chi connectivity index (χ1) is 6.45. The number of methoxy groups -OCH3 is 1. The summed E-state index contributed by atoms with van der Waals surface area (Å²) in [4.78, 5) is 0. The van der Waals surface area contributed by atoms with Crippen LogP contribution in [0.5, 0.6) is 0 Å². The topological polar surface area (TPSA) is 47.9 Å². The van der Waals surface area contributed by atoms with Crippen molar-refractivity contribution >= 4 is 0 Å². The normalized spacial score (nSPS) is 11.4. The van der Waals surface area contributed by atoms with Crippen LogP contribution in [-0.4, -0.2) is 37.8 Å². The van der Waals surface area contributed by atoms with Crippen LogP contribution in [0.2, 0.25) is 0 Å². The Morgan fingerprint density at radius 2 is 2.00 bits per heavy atom. The highest BCUT2D eigenvalue weighted by molar-refractivity contribution is 4.89. The molecule has 1 N–H and O–H groups in total. The Kier molecular flexibility index (Phi) is 6.53. The lowest BCUT2D eigenvalue weighted by atomic mass is 10.1. The van der Waals surface area contributed by atoms with E-state index in [-0.39, 0.29) is 6.79 Å². The molecule has 0 aromatic carbocycles. The maximum Gasteiger partial charge on any atom is 0.188 e. The number of aliphatic hydroxyl groups is 1. The second-order valence-electron chi connectivity index (χ2n) is 3.69. The van der Waals surface area contributed by atoms with Crippen LogP contribution in [0.1, 0.15) is 20.3 Å². The van der Waals surface area contributed by atoms with Gasteiger partial charge in [0.2, 0.25) is 0 Å². The highest BCUT2D eigenvalue weighted by Gasteiger charge is 2.14. The summed E-state index contributed by atoms with van der Waals surface area (Å²) in [7, 11) is 1.61. The molecule has 0 aliphatic heterocycles. The van der Waals surface area contributed by atoms with Gasteiger partial charge in [-0.3, -0.25) is 0 Å². The van der Waals surface area contributed by atoms with Crippen molar-refractivity contribution in [3.63, 3.8) is 0 Å². The molecule has 0 aliphatic rings. The quantitative estimate of drug-likeness (QED) is 0.368. The molecule has 0 aromatic heterocycles. The van der Waals surface area contributed by atoms with Crippen molar-refractivity contribution in [1.82, 2.24) is 0 Å². The zero-order valence-corrected chi connectivity index (χ0v) is 9.21. The van der Waals surface area contributed by atoms with Crippen molar-refractivity contribution in [2.24, 2.45) is 0 Å². The minimum atomic E-state index is -0.788. The van der Waals surface area contributed by atoms with E-state index >= 15 is 0 Å². The van der Waals surface area contributed by atoms with E-state index in [2.05, 4.69) is 6.58 Å². The standard InChI is InChI=1S/C10H20O4/c1-9(7-10(2,3)11)14-8-13-6-5-12-4/h11H,1,5-8H2,2-4H3. The van der Waals surface area contributed by atoms with Crippen LogP contribution in [0.25, 0.3) is 0 Å². The smallest absolute Gasteiger partial charge is 0.188 e. The van der Waals surface area contributed by atoms with Gasteiger partial charge in [0.05, 0.1) is 24.6 Å². The SMILES string of the molecule is C=C(CC(C)(C)O)OCOCCOC. The molecule has 0 fully saturated rings. The van der Waals surface area contributed by atoms with E-state index < -0.39 is 5.60 Å². The van der Waals surface area contributed by atoms with Crippen molar-refractivity contribution in [3.8, 4) is 0 Å². The molecule has 0 amide bonds. The lowest BCUT2D eigenvalue weighted by molar-refractivity contribution is -0.0491. The van der Waals surface area contributed by atoms with Gasteiger partial charge in [0.25, 0.3) is 0 Å². The average Bonchev–Trinajstić information content (AvgIpc) is 2.00. The lowest BCUT2D eigenvalue weighted by Gasteiger charge is -2.18. The van der Waals surface area contributed by atoms with E-state index in [1.165, 1.54) is 0 Å². The van der Waals surface area contributed by atoms with Crippen LogP contribution in [-0.2, 0) is 14.2 Å². The molecule has 0 radical (unpaired) electrons. The summed E-state index contributed by atoms with van der Waals surface area (Å²) in [6, 6.07) is 0. The molecule has 84 valence electrons. The molecule has 0 saturated carbocycles. The molecule has 4 nitrogen and oxygen atoms in total. The van der Waals surface area contributed by atoms with Gasteiger partial charge in [0.15, 0.2) is 6.79 Å². The van der Waals surface area contributed by atoms with Crippen LogP contribution in [0.15, 0.2) is 12.3 Å². The third-order valence-electron chi connectivity index (χ3n) is 1.41. The Morgan fingerprint density at radius 1 is 1.36 bits per heavy atom. The molecule has 0 spiro atoms. The first kappa shape index (κ1) is 13.4. The summed E-state index contributed by atoms with van der Waals surface area (Å²) in [5, 5.41) is 9.43. The van der Waals surface area contributed by atoms with Crippen LogP contribution in [0.3, 0.4) is 0 Å². The third-order valence-corrected chi connectivity index (χ3v) is 1.41. The molecular weight excluding hydrogens is 184 g/mol. The van der Waals surface area contributed by atoms with Gasteiger partial charge in [-0.05, 0) is 13.8 Å². The molecule has 0 atom stereocenters. The predicted molar refractivity (Wildman–Crippen MR) is 53.8 cm³/mol. The largest absolute Gasteiger partial charge is 0.472 e. The van der Waals surface area contributed by atoms with Crippen LogP contribution < -0.4 is 0 Å². The molecule has 0 rings (SSSR count). The molecule has 4 heteroatoms. The summed E-state index contributed by atoms with van der Waals surface area (Å²) in [6.07, 6.45) is 0.403. The van der Waals surface area contributed by atoms with Crippen LogP contribution in [0.4, 0.5) is 0 Å². The fraction of sp³-hybridized carbons (Fsp3) is 0.800. The Bertz CT molecular complexity index is 160. The van der Waals surface area contributed by atoms with E-state index in [9.17, 15) is 5.11 Å². The zero-order valence-electron chi connectivity index (χ0n) is 9.21. The number of hydrogen-bond acceptors (Lipinski definition) is 4. The summed E-state index contributed by atoms with van der Waals surface area (Å²) >= 11 is 0. The monoisotopic (exact) mass is 204 g/mol. The second kappa shape index (κ2) is 6.81. The van der Waals surface area contributed by atoms with E-state index in [1.807, 2.05) is 0 Å². The van der Waals surface area contributed by atoms with E-state index in [0.717, 1.165) is 0 Å². The number of hydrogen-bond donors (Lipinski definition) is 1. The van der Waals surface area contributed by atoms with Gasteiger partial charge >= 0.3 is 0 Å². The maximum absolute atomic E-state index is 9.43. The molecule has 0 heterocycles. The van der Waals surface area contributed by atoms with Gasteiger partial charge in [-0.1, -0.05) is 6.58 Å². The van der Waals surface area contributed by atoms with Crippen molar-refractivity contribution in [1.29, 1.82) is 0 Å². The van der Waals surface area contributed by atoms with Crippen molar-refractivity contribution in [2.45, 2.75) is 25.9 Å². The molecule has 0 unspecified atom stereocenters. The van der Waals surface area contributed by atoms with Crippen molar-refractivity contribution in [2.75, 3.05) is 27.1 Å². The Labute approximate surface area is 85.5 Å². The molecule has 0 bridgehead atoms. The molecule has 14 heavy (non-hydrogen) atoms. The fourth-order valence-corrected chi connectivity index (χ4v) is 0.860. The van der Waals surface area contributed by atoms with Gasteiger partial charge in [-0.15, -0.1) is 0 Å². The minimum Gasteiger partial charge on any atom is -0.472 e. The van der Waals surface area contributed by atoms with E-state index in [1.54, 1.807) is 21.0 Å². The number of ether oxygens (including phenoxy) is 3. The van der Waals surface area contributed by atoms with Gasteiger partial charge in [-0.25, -0.2) is 0 Å². The van der Waals surface area contributed by atoms with Crippen molar-refractivity contribution in [3.05, 3.63) is 12.3 Å². The third kappa shape index (κ3) is 9.51. The molecular formula is C10H20O4.